The Kier molecular flexibility index (Phi) is 2.88. The molecule has 0 saturated carbocycles. The number of rotatable bonds is 1. The number of hydrogen-bond donors (Lipinski definition) is 2. The van der Waals surface area contributed by atoms with Gasteiger partial charge in [-0.3, -0.25) is 0 Å². The second-order valence-corrected chi connectivity index (χ2v) is 4.76. The molecule has 3 N–H and O–H groups in total. The molecular formula is C10H13BrFNO. The molecule has 0 bridgehead atoms. The zero-order valence-corrected chi connectivity index (χ0v) is 9.94. The lowest BCUT2D eigenvalue weighted by molar-refractivity contribution is 0.403. The highest BCUT2D eigenvalue weighted by Gasteiger charge is 2.24. The topological polar surface area (TPSA) is 46.2 Å². The van der Waals surface area contributed by atoms with Crippen molar-refractivity contribution in [1.82, 2.24) is 0 Å². The van der Waals surface area contributed by atoms with Crippen molar-refractivity contribution in [1.29, 1.82) is 0 Å². The van der Waals surface area contributed by atoms with Gasteiger partial charge in [0.25, 0.3) is 0 Å². The monoisotopic (exact) mass is 261 g/mol. The van der Waals surface area contributed by atoms with Gasteiger partial charge >= 0.3 is 0 Å². The highest BCUT2D eigenvalue weighted by atomic mass is 79.9. The maximum absolute atomic E-state index is 13.2. The van der Waals surface area contributed by atoms with Gasteiger partial charge in [0.2, 0.25) is 0 Å². The first kappa shape index (κ1) is 11.5. The highest BCUT2D eigenvalue weighted by Crippen LogP contribution is 2.36. The fraction of sp³-hybridized carbons (Fsp3) is 0.400. The summed E-state index contributed by atoms with van der Waals surface area (Å²) in [7, 11) is 0. The Labute approximate surface area is 91.1 Å². The first-order chi connectivity index (χ1) is 6.25. The van der Waals surface area contributed by atoms with E-state index in [0.717, 1.165) is 5.56 Å². The smallest absolute Gasteiger partial charge is 0.166 e. The van der Waals surface area contributed by atoms with Gasteiger partial charge in [-0.25, -0.2) is 4.39 Å². The second-order valence-electron chi connectivity index (χ2n) is 3.91. The van der Waals surface area contributed by atoms with Crippen LogP contribution in [-0.2, 0) is 5.54 Å². The zero-order valence-electron chi connectivity index (χ0n) is 8.36. The number of aromatic hydroxyl groups is 1. The Bertz CT molecular complexity index is 345. The maximum atomic E-state index is 13.2. The van der Waals surface area contributed by atoms with Crippen molar-refractivity contribution in [2.75, 3.05) is 0 Å². The molecule has 14 heavy (non-hydrogen) atoms. The fourth-order valence-electron chi connectivity index (χ4n) is 1.49. The Morgan fingerprint density at radius 1 is 1.50 bits per heavy atom. The summed E-state index contributed by atoms with van der Waals surface area (Å²) >= 11 is 3.22. The van der Waals surface area contributed by atoms with E-state index in [4.69, 9.17) is 5.73 Å². The third kappa shape index (κ3) is 1.91. The minimum absolute atomic E-state index is 0.363. The first-order valence-corrected chi connectivity index (χ1v) is 5.01. The van der Waals surface area contributed by atoms with Gasteiger partial charge in [0.05, 0.1) is 0 Å². The van der Waals surface area contributed by atoms with E-state index >= 15 is 0 Å². The molecule has 78 valence electrons. The average molecular weight is 262 g/mol. The molecule has 0 fully saturated rings. The molecule has 0 amide bonds. The van der Waals surface area contributed by atoms with E-state index in [9.17, 15) is 9.50 Å². The van der Waals surface area contributed by atoms with Crippen LogP contribution in [0.3, 0.4) is 0 Å². The van der Waals surface area contributed by atoms with E-state index < -0.39 is 11.4 Å². The minimum atomic E-state index is -0.765. The lowest BCUT2D eigenvalue weighted by Crippen LogP contribution is -2.30. The van der Waals surface area contributed by atoms with Crippen LogP contribution in [0, 0.1) is 12.7 Å². The summed E-state index contributed by atoms with van der Waals surface area (Å²) in [4.78, 5) is 0. The van der Waals surface area contributed by atoms with Crippen LogP contribution in [0.1, 0.15) is 25.0 Å². The molecule has 0 spiro atoms. The van der Waals surface area contributed by atoms with Crippen molar-refractivity contribution < 1.29 is 9.50 Å². The Morgan fingerprint density at radius 2 is 2.00 bits per heavy atom. The average Bonchev–Trinajstić information content (AvgIpc) is 1.98. The summed E-state index contributed by atoms with van der Waals surface area (Å²) in [5, 5.41) is 9.56. The van der Waals surface area contributed by atoms with Crippen LogP contribution < -0.4 is 5.73 Å². The first-order valence-electron chi connectivity index (χ1n) is 4.22. The molecule has 0 aromatic heterocycles. The van der Waals surface area contributed by atoms with Gasteiger partial charge in [0, 0.05) is 15.6 Å². The van der Waals surface area contributed by atoms with Crippen molar-refractivity contribution in [2.45, 2.75) is 26.3 Å². The van der Waals surface area contributed by atoms with Gasteiger partial charge in [0.1, 0.15) is 0 Å². The number of phenols is 1. The van der Waals surface area contributed by atoms with Gasteiger partial charge < -0.3 is 10.8 Å². The Balaban J connectivity index is 3.56. The molecule has 0 heterocycles. The van der Waals surface area contributed by atoms with Crippen LogP contribution in [0.5, 0.6) is 5.75 Å². The Morgan fingerprint density at radius 3 is 2.43 bits per heavy atom. The summed E-state index contributed by atoms with van der Waals surface area (Å²) < 4.78 is 13.8. The normalized spacial score (nSPS) is 11.9. The van der Waals surface area contributed by atoms with Crippen LogP contribution in [-0.4, -0.2) is 5.11 Å². The van der Waals surface area contributed by atoms with Gasteiger partial charge in [-0.15, -0.1) is 0 Å². The fourth-order valence-corrected chi connectivity index (χ4v) is 1.89. The largest absolute Gasteiger partial charge is 0.505 e. The van der Waals surface area contributed by atoms with Crippen LogP contribution in [0.4, 0.5) is 4.39 Å². The predicted octanol–water partition coefficient (Wildman–Crippen LogP) is 2.80. The van der Waals surface area contributed by atoms with Gasteiger partial charge in [0.15, 0.2) is 11.6 Å². The van der Waals surface area contributed by atoms with Crippen LogP contribution in [0.2, 0.25) is 0 Å². The number of halogens is 2. The maximum Gasteiger partial charge on any atom is 0.166 e. The van der Waals surface area contributed by atoms with E-state index in [1.807, 2.05) is 0 Å². The van der Waals surface area contributed by atoms with Crippen molar-refractivity contribution >= 4 is 15.9 Å². The molecule has 4 heteroatoms. The molecule has 0 aliphatic heterocycles. The third-order valence-corrected chi connectivity index (χ3v) is 2.92. The van der Waals surface area contributed by atoms with Crippen molar-refractivity contribution in [3.8, 4) is 5.75 Å². The Hall–Kier alpha value is -0.610. The minimum Gasteiger partial charge on any atom is -0.505 e. The van der Waals surface area contributed by atoms with Crippen molar-refractivity contribution in [3.05, 3.63) is 27.5 Å². The molecule has 0 atom stereocenters. The van der Waals surface area contributed by atoms with Crippen LogP contribution in [0.25, 0.3) is 0 Å². The molecular weight excluding hydrogens is 249 g/mol. The molecule has 0 aliphatic rings. The SMILES string of the molecule is Cc1c(Br)cc(F)c(O)c1C(C)(C)N. The van der Waals surface area contributed by atoms with E-state index in [1.54, 1.807) is 20.8 Å². The number of nitrogens with two attached hydrogens (primary N) is 1. The summed E-state index contributed by atoms with van der Waals surface area (Å²) in [6.07, 6.45) is 0. The molecule has 0 saturated heterocycles. The van der Waals surface area contributed by atoms with Gasteiger partial charge in [-0.1, -0.05) is 15.9 Å². The molecule has 1 rings (SSSR count). The highest BCUT2D eigenvalue weighted by molar-refractivity contribution is 9.10. The number of phenolic OH excluding ortho intramolecular Hbond substituents is 1. The predicted molar refractivity (Wildman–Crippen MR) is 57.7 cm³/mol. The number of hydrogen-bond acceptors (Lipinski definition) is 2. The van der Waals surface area contributed by atoms with E-state index in [-0.39, 0.29) is 5.75 Å². The van der Waals surface area contributed by atoms with Gasteiger partial charge in [-0.2, -0.15) is 0 Å². The second kappa shape index (κ2) is 3.51. The molecule has 2 nitrogen and oxygen atoms in total. The summed E-state index contributed by atoms with van der Waals surface area (Å²) in [6.45, 7) is 5.23. The van der Waals surface area contributed by atoms with E-state index in [0.29, 0.717) is 10.0 Å². The zero-order chi connectivity index (χ0) is 11.1. The van der Waals surface area contributed by atoms with Crippen molar-refractivity contribution in [2.24, 2.45) is 5.73 Å². The lowest BCUT2D eigenvalue weighted by Gasteiger charge is -2.23. The standard InChI is InChI=1S/C10H13BrFNO/c1-5-6(11)4-7(12)9(14)8(5)10(2,3)13/h4,14H,13H2,1-3H3. The van der Waals surface area contributed by atoms with Gasteiger partial charge in [-0.05, 0) is 32.4 Å². The van der Waals surface area contributed by atoms with Crippen LogP contribution in [0.15, 0.2) is 10.5 Å². The molecule has 1 aromatic rings. The van der Waals surface area contributed by atoms with Crippen LogP contribution >= 0.6 is 15.9 Å². The van der Waals surface area contributed by atoms with E-state index in [1.165, 1.54) is 6.07 Å². The number of benzene rings is 1. The van der Waals surface area contributed by atoms with E-state index in [2.05, 4.69) is 15.9 Å². The lowest BCUT2D eigenvalue weighted by atomic mass is 9.90. The summed E-state index contributed by atoms with van der Waals surface area (Å²) in [6, 6.07) is 1.24. The molecule has 0 aliphatic carbocycles. The quantitative estimate of drug-likeness (QED) is 0.817. The molecule has 0 radical (unpaired) electrons. The third-order valence-electron chi connectivity index (χ3n) is 2.09. The summed E-state index contributed by atoms with van der Waals surface area (Å²) in [5.41, 5.74) is 6.28. The summed E-state index contributed by atoms with van der Waals surface area (Å²) in [5.74, 6) is -1.02. The van der Waals surface area contributed by atoms with Crippen molar-refractivity contribution in [3.63, 3.8) is 0 Å². The molecule has 1 aromatic carbocycles. The molecule has 0 unspecified atom stereocenters.